The number of nitrogens with zero attached hydrogens (tertiary/aromatic N) is 4. The van der Waals surface area contributed by atoms with Crippen molar-refractivity contribution in [2.24, 2.45) is 0 Å². The third-order valence-electron chi connectivity index (χ3n) is 3.35. The molecule has 0 bridgehead atoms. The van der Waals surface area contributed by atoms with Crippen molar-refractivity contribution in [3.05, 3.63) is 65.7 Å². The zero-order valence-electron chi connectivity index (χ0n) is 12.6. The van der Waals surface area contributed by atoms with Gasteiger partial charge in [-0.3, -0.25) is 9.59 Å². The second-order valence-electron chi connectivity index (χ2n) is 5.00. The molecule has 1 aromatic heterocycles. The van der Waals surface area contributed by atoms with Gasteiger partial charge in [-0.25, -0.2) is 4.39 Å². The summed E-state index contributed by atoms with van der Waals surface area (Å²) in [5, 5.41) is 13.4. The van der Waals surface area contributed by atoms with E-state index in [0.29, 0.717) is 16.9 Å². The molecule has 0 fully saturated rings. The number of nitrogens with one attached hydrogen (secondary N) is 1. The molecule has 24 heavy (non-hydrogen) atoms. The van der Waals surface area contributed by atoms with Crippen LogP contribution in [0, 0.1) is 5.82 Å². The van der Waals surface area contributed by atoms with E-state index in [1.54, 1.807) is 24.3 Å². The van der Waals surface area contributed by atoms with Crippen LogP contribution in [0.25, 0.3) is 5.69 Å². The van der Waals surface area contributed by atoms with E-state index in [2.05, 4.69) is 20.8 Å². The highest BCUT2D eigenvalue weighted by Gasteiger charge is 2.15. The van der Waals surface area contributed by atoms with Gasteiger partial charge < -0.3 is 5.32 Å². The van der Waals surface area contributed by atoms with Crippen LogP contribution in [0.4, 0.5) is 10.1 Å². The minimum Gasteiger partial charge on any atom is -0.322 e. The average molecular weight is 325 g/mol. The summed E-state index contributed by atoms with van der Waals surface area (Å²) in [4.78, 5) is 23.7. The Bertz CT molecular complexity index is 891. The molecule has 0 radical (unpaired) electrons. The molecule has 1 heterocycles. The molecular formula is C16H12FN5O2. The summed E-state index contributed by atoms with van der Waals surface area (Å²) in [6, 6.07) is 10.2. The number of carbonyl (C=O) groups excluding carboxylic acids is 2. The van der Waals surface area contributed by atoms with Crippen LogP contribution in [0.15, 0.2) is 48.8 Å². The summed E-state index contributed by atoms with van der Waals surface area (Å²) in [5.41, 5.74) is 1.45. The molecule has 3 aromatic rings. The van der Waals surface area contributed by atoms with Gasteiger partial charge in [-0.1, -0.05) is 0 Å². The molecular weight excluding hydrogens is 313 g/mol. The Morgan fingerprint density at radius 3 is 2.50 bits per heavy atom. The molecule has 0 aliphatic rings. The Morgan fingerprint density at radius 2 is 1.88 bits per heavy atom. The monoisotopic (exact) mass is 325 g/mol. The lowest BCUT2D eigenvalue weighted by molar-refractivity contribution is 0.101. The number of amides is 1. The van der Waals surface area contributed by atoms with E-state index in [1.807, 2.05) is 0 Å². The zero-order chi connectivity index (χ0) is 17.1. The van der Waals surface area contributed by atoms with E-state index < -0.39 is 11.7 Å². The maximum absolute atomic E-state index is 13.6. The topological polar surface area (TPSA) is 89.8 Å². The van der Waals surface area contributed by atoms with Crippen LogP contribution in [0.5, 0.6) is 0 Å². The van der Waals surface area contributed by atoms with Crippen molar-refractivity contribution < 1.29 is 14.0 Å². The van der Waals surface area contributed by atoms with Gasteiger partial charge in [0.05, 0.1) is 11.3 Å². The normalized spacial score (nSPS) is 10.4. The summed E-state index contributed by atoms with van der Waals surface area (Å²) in [6.45, 7) is 1.46. The third-order valence-corrected chi connectivity index (χ3v) is 3.35. The highest BCUT2D eigenvalue weighted by atomic mass is 19.1. The number of hydrogen-bond donors (Lipinski definition) is 1. The maximum atomic E-state index is 13.6. The van der Waals surface area contributed by atoms with E-state index >= 15 is 0 Å². The molecule has 8 heteroatoms. The van der Waals surface area contributed by atoms with Gasteiger partial charge in [-0.05, 0) is 59.8 Å². The Labute approximate surface area is 136 Å². The summed E-state index contributed by atoms with van der Waals surface area (Å²) in [6.07, 6.45) is 1.31. The summed E-state index contributed by atoms with van der Waals surface area (Å²) in [5.74, 6) is -1.14. The van der Waals surface area contributed by atoms with Crippen molar-refractivity contribution in [3.63, 3.8) is 0 Å². The molecule has 3 rings (SSSR count). The Morgan fingerprint density at radius 1 is 1.12 bits per heavy atom. The second-order valence-corrected chi connectivity index (χ2v) is 5.00. The molecule has 0 spiro atoms. The fourth-order valence-electron chi connectivity index (χ4n) is 2.15. The number of carbonyl (C=O) groups is 2. The smallest absolute Gasteiger partial charge is 0.257 e. The molecule has 0 unspecified atom stereocenters. The first-order valence-corrected chi connectivity index (χ1v) is 7.00. The number of halogens is 1. The lowest BCUT2D eigenvalue weighted by Crippen LogP contribution is -2.16. The molecule has 0 atom stereocenters. The highest BCUT2D eigenvalue weighted by molar-refractivity contribution is 6.07. The number of anilines is 1. The largest absolute Gasteiger partial charge is 0.322 e. The van der Waals surface area contributed by atoms with Crippen LogP contribution < -0.4 is 5.32 Å². The molecule has 1 amide bonds. The first-order valence-electron chi connectivity index (χ1n) is 7.00. The summed E-state index contributed by atoms with van der Waals surface area (Å²) in [7, 11) is 0. The second kappa shape index (κ2) is 6.37. The predicted octanol–water partition coefficient (Wildman–Crippen LogP) is 2.26. The highest BCUT2D eigenvalue weighted by Crippen LogP contribution is 2.18. The van der Waals surface area contributed by atoms with Gasteiger partial charge in [-0.15, -0.1) is 5.10 Å². The van der Waals surface area contributed by atoms with E-state index in [4.69, 9.17) is 0 Å². The minimum absolute atomic E-state index is 0.0704. The van der Waals surface area contributed by atoms with Gasteiger partial charge in [0, 0.05) is 11.3 Å². The van der Waals surface area contributed by atoms with E-state index in [1.165, 1.54) is 30.1 Å². The fourth-order valence-corrected chi connectivity index (χ4v) is 2.15. The Kier molecular flexibility index (Phi) is 4.11. The van der Waals surface area contributed by atoms with Crippen LogP contribution in [0.3, 0.4) is 0 Å². The van der Waals surface area contributed by atoms with Crippen LogP contribution >= 0.6 is 0 Å². The van der Waals surface area contributed by atoms with Crippen molar-refractivity contribution in [1.29, 1.82) is 0 Å². The Balaban J connectivity index is 1.90. The van der Waals surface area contributed by atoms with Gasteiger partial charge in [0.25, 0.3) is 5.91 Å². The molecule has 2 aromatic carbocycles. The van der Waals surface area contributed by atoms with Crippen LogP contribution in [0.1, 0.15) is 27.6 Å². The van der Waals surface area contributed by atoms with Gasteiger partial charge in [0.15, 0.2) is 5.78 Å². The zero-order valence-corrected chi connectivity index (χ0v) is 12.6. The van der Waals surface area contributed by atoms with Gasteiger partial charge in [0.1, 0.15) is 12.1 Å². The van der Waals surface area contributed by atoms with Crippen molar-refractivity contribution in [3.8, 4) is 5.69 Å². The maximum Gasteiger partial charge on any atom is 0.257 e. The molecule has 0 aliphatic carbocycles. The quantitative estimate of drug-likeness (QED) is 0.743. The third kappa shape index (κ3) is 3.17. The van der Waals surface area contributed by atoms with Crippen LogP contribution in [0.2, 0.25) is 0 Å². The van der Waals surface area contributed by atoms with Crippen molar-refractivity contribution in [1.82, 2.24) is 20.2 Å². The number of Topliss-reactive ketones (excluding diaryl/α,β-unsaturated/α-hetero) is 1. The summed E-state index contributed by atoms with van der Waals surface area (Å²) >= 11 is 0. The molecule has 0 saturated carbocycles. The number of hydrogen-bond acceptors (Lipinski definition) is 5. The molecule has 0 saturated heterocycles. The first kappa shape index (κ1) is 15.5. The predicted molar refractivity (Wildman–Crippen MR) is 83.5 cm³/mol. The van der Waals surface area contributed by atoms with Crippen molar-refractivity contribution in [2.45, 2.75) is 6.92 Å². The Hall–Kier alpha value is -3.42. The average Bonchev–Trinajstić information content (AvgIpc) is 3.09. The van der Waals surface area contributed by atoms with E-state index in [-0.39, 0.29) is 11.3 Å². The molecule has 0 aliphatic heterocycles. The van der Waals surface area contributed by atoms with Crippen LogP contribution in [-0.4, -0.2) is 31.9 Å². The molecule has 1 N–H and O–H groups in total. The first-order chi connectivity index (χ1) is 11.5. The van der Waals surface area contributed by atoms with Crippen molar-refractivity contribution in [2.75, 3.05) is 5.32 Å². The number of benzene rings is 2. The van der Waals surface area contributed by atoms with Gasteiger partial charge in [0.2, 0.25) is 0 Å². The van der Waals surface area contributed by atoms with E-state index in [0.717, 1.165) is 6.07 Å². The number of ketones is 1. The van der Waals surface area contributed by atoms with Crippen molar-refractivity contribution >= 4 is 17.4 Å². The number of tetrazole rings is 1. The molecule has 7 nitrogen and oxygen atoms in total. The number of rotatable bonds is 4. The number of aromatic nitrogens is 4. The SMILES string of the molecule is CC(=O)c1ccc(NC(=O)c2cc(F)ccc2-n2cnnn2)cc1. The van der Waals surface area contributed by atoms with Gasteiger partial charge >= 0.3 is 0 Å². The summed E-state index contributed by atoms with van der Waals surface area (Å²) < 4.78 is 14.8. The minimum atomic E-state index is -0.552. The van der Waals surface area contributed by atoms with Gasteiger partial charge in [-0.2, -0.15) is 4.68 Å². The fraction of sp³-hybridized carbons (Fsp3) is 0.0625. The van der Waals surface area contributed by atoms with E-state index in [9.17, 15) is 14.0 Å². The molecule has 120 valence electrons. The lowest BCUT2D eigenvalue weighted by Gasteiger charge is -2.10. The van der Waals surface area contributed by atoms with Crippen LogP contribution in [-0.2, 0) is 0 Å². The standard InChI is InChI=1S/C16H12FN5O2/c1-10(23)11-2-5-13(6-3-11)19-16(24)14-8-12(17)4-7-15(14)22-9-18-20-21-22/h2-9H,1H3,(H,19,24). The lowest BCUT2D eigenvalue weighted by atomic mass is 10.1.